The molecule has 0 unspecified atom stereocenters. The molecule has 0 aliphatic heterocycles. The Morgan fingerprint density at radius 2 is 1.46 bits per heavy atom. The van der Waals surface area contributed by atoms with Crippen molar-refractivity contribution in [1.29, 1.82) is 0 Å². The maximum absolute atomic E-state index is 12.8. The number of nitro benzene ring substituents is 1. The first-order valence-electron chi connectivity index (χ1n) is 12.6. The largest absolute Gasteiger partial charge is 0.494 e. The number of carbonyl (C=O) groups is 3. The summed E-state index contributed by atoms with van der Waals surface area (Å²) in [6.07, 6.45) is 8.95. The molecule has 0 aromatic heterocycles. The fourth-order valence-corrected chi connectivity index (χ4v) is 3.49. The quantitative estimate of drug-likeness (QED) is 0.133. The number of non-ortho nitro benzene ring substituents is 1. The van der Waals surface area contributed by atoms with E-state index in [1.54, 1.807) is 0 Å². The van der Waals surface area contributed by atoms with Crippen LogP contribution in [0.5, 0.6) is 5.75 Å². The molecule has 0 bridgehead atoms. The van der Waals surface area contributed by atoms with Crippen LogP contribution < -0.4 is 10.1 Å². The molecule has 2 rings (SSSR count). The van der Waals surface area contributed by atoms with Gasteiger partial charge in [-0.15, -0.1) is 0 Å². The number of nitro groups is 1. The molecule has 3 N–H and O–H groups in total. The molecule has 10 nitrogen and oxygen atoms in total. The van der Waals surface area contributed by atoms with E-state index >= 15 is 0 Å². The number of unbranched alkanes of at least 4 members (excludes halogenated alkanes) is 7. The highest BCUT2D eigenvalue weighted by Gasteiger charge is 2.19. The molecule has 1 amide bonds. The average Bonchev–Trinajstić information content (AvgIpc) is 2.88. The molecule has 0 spiro atoms. The summed E-state index contributed by atoms with van der Waals surface area (Å²) in [6.45, 7) is 6.54. The number of nitrogens with zero attached hydrogens (tertiary/aromatic N) is 1. The van der Waals surface area contributed by atoms with Gasteiger partial charge in [0.25, 0.3) is 11.6 Å². The number of carboxylic acid groups (broad SMARTS) is 2. The molecular formula is C27H36N2O8. The summed E-state index contributed by atoms with van der Waals surface area (Å²) >= 11 is 0. The van der Waals surface area contributed by atoms with Gasteiger partial charge in [-0.05, 0) is 30.7 Å². The summed E-state index contributed by atoms with van der Waals surface area (Å²) in [6, 6.07) is 6.85. The van der Waals surface area contributed by atoms with Gasteiger partial charge in [-0.2, -0.15) is 0 Å². The number of carboxylic acids is 2. The van der Waals surface area contributed by atoms with Crippen LogP contribution in [0.2, 0.25) is 0 Å². The summed E-state index contributed by atoms with van der Waals surface area (Å²) in [5, 5.41) is 32.1. The third-order valence-corrected chi connectivity index (χ3v) is 5.37. The summed E-state index contributed by atoms with van der Waals surface area (Å²) in [4.78, 5) is 46.0. The van der Waals surface area contributed by atoms with Crippen molar-refractivity contribution < 1.29 is 34.3 Å². The van der Waals surface area contributed by atoms with Gasteiger partial charge in [0.15, 0.2) is 0 Å². The standard InChI is InChI=1S/C25H30N2O8.C2H6/c1-2-3-4-5-6-7-8-9-12-35-20-14-17(13-18(15-20)24(29)30)23(28)26-22-11-10-19(27(33)34)16-21(22)25(31)32;1-2/h10-11,13-16H,2-9,12H2,1H3,(H,26,28)(H,29,30)(H,31,32);1-2H3. The van der Waals surface area contributed by atoms with Crippen LogP contribution in [-0.2, 0) is 0 Å². The van der Waals surface area contributed by atoms with E-state index in [0.29, 0.717) is 6.61 Å². The first-order valence-corrected chi connectivity index (χ1v) is 12.6. The molecule has 2 aromatic rings. The van der Waals surface area contributed by atoms with Crippen molar-refractivity contribution in [3.05, 3.63) is 63.2 Å². The normalized spacial score (nSPS) is 10.1. The van der Waals surface area contributed by atoms with E-state index in [2.05, 4.69) is 12.2 Å². The van der Waals surface area contributed by atoms with Gasteiger partial charge in [0.1, 0.15) is 5.75 Å². The first kappa shape index (κ1) is 31.1. The lowest BCUT2D eigenvalue weighted by Crippen LogP contribution is -2.16. The minimum Gasteiger partial charge on any atom is -0.494 e. The Morgan fingerprint density at radius 1 is 0.865 bits per heavy atom. The third-order valence-electron chi connectivity index (χ3n) is 5.37. The van der Waals surface area contributed by atoms with E-state index in [1.807, 2.05) is 13.8 Å². The minimum absolute atomic E-state index is 0.0504. The number of hydrogen-bond donors (Lipinski definition) is 3. The zero-order chi connectivity index (χ0) is 27.8. The molecule has 0 saturated carbocycles. The molecule has 0 heterocycles. The van der Waals surface area contributed by atoms with Crippen LogP contribution in [0, 0.1) is 10.1 Å². The molecule has 10 heteroatoms. The zero-order valence-electron chi connectivity index (χ0n) is 21.6. The lowest BCUT2D eigenvalue weighted by atomic mass is 10.1. The van der Waals surface area contributed by atoms with E-state index in [9.17, 15) is 34.7 Å². The lowest BCUT2D eigenvalue weighted by molar-refractivity contribution is -0.384. The molecule has 2 aromatic carbocycles. The van der Waals surface area contributed by atoms with Gasteiger partial charge in [0.05, 0.1) is 28.3 Å². The molecule has 0 atom stereocenters. The number of aromatic carboxylic acids is 2. The SMILES string of the molecule is CC.CCCCCCCCCCOc1cc(C(=O)O)cc(C(=O)Nc2ccc([N+](=O)[O-])cc2C(=O)O)c1. The number of anilines is 1. The van der Waals surface area contributed by atoms with Gasteiger partial charge in [0, 0.05) is 17.7 Å². The summed E-state index contributed by atoms with van der Waals surface area (Å²) in [5.74, 6) is -3.28. The highest BCUT2D eigenvalue weighted by Crippen LogP contribution is 2.24. The van der Waals surface area contributed by atoms with Crippen LogP contribution in [0.4, 0.5) is 11.4 Å². The summed E-state index contributed by atoms with van der Waals surface area (Å²) in [7, 11) is 0. The average molecular weight is 517 g/mol. The smallest absolute Gasteiger partial charge is 0.338 e. The molecule has 0 aliphatic rings. The highest BCUT2D eigenvalue weighted by molar-refractivity contribution is 6.09. The predicted molar refractivity (Wildman–Crippen MR) is 141 cm³/mol. The summed E-state index contributed by atoms with van der Waals surface area (Å²) in [5.41, 5.74) is -1.27. The van der Waals surface area contributed by atoms with E-state index in [0.717, 1.165) is 43.5 Å². The van der Waals surface area contributed by atoms with Crippen molar-refractivity contribution >= 4 is 29.2 Å². The van der Waals surface area contributed by atoms with Gasteiger partial charge in [-0.1, -0.05) is 65.7 Å². The van der Waals surface area contributed by atoms with E-state index in [4.69, 9.17) is 4.74 Å². The lowest BCUT2D eigenvalue weighted by Gasteiger charge is -2.12. The topological polar surface area (TPSA) is 156 Å². The second-order valence-corrected chi connectivity index (χ2v) is 8.12. The van der Waals surface area contributed by atoms with Crippen LogP contribution in [0.3, 0.4) is 0 Å². The second kappa shape index (κ2) is 16.7. The Hall–Kier alpha value is -3.95. The number of rotatable bonds is 15. The Kier molecular flexibility index (Phi) is 14.0. The predicted octanol–water partition coefficient (Wildman–Crippen LogP) is 6.79. The molecule has 0 radical (unpaired) electrons. The Balaban J connectivity index is 0.00000334. The van der Waals surface area contributed by atoms with Crippen molar-refractivity contribution in [2.24, 2.45) is 0 Å². The number of nitrogens with one attached hydrogen (secondary N) is 1. The van der Waals surface area contributed by atoms with Crippen LogP contribution in [0.15, 0.2) is 36.4 Å². The maximum atomic E-state index is 12.8. The summed E-state index contributed by atoms with van der Waals surface area (Å²) < 4.78 is 5.67. The fourth-order valence-electron chi connectivity index (χ4n) is 3.49. The number of hydrogen-bond acceptors (Lipinski definition) is 6. The Bertz CT molecular complexity index is 1070. The van der Waals surface area contributed by atoms with E-state index in [1.165, 1.54) is 44.2 Å². The van der Waals surface area contributed by atoms with Crippen molar-refractivity contribution in [1.82, 2.24) is 0 Å². The second-order valence-electron chi connectivity index (χ2n) is 8.12. The van der Waals surface area contributed by atoms with Gasteiger partial charge in [0.2, 0.25) is 0 Å². The monoisotopic (exact) mass is 516 g/mol. The third kappa shape index (κ3) is 10.7. The van der Waals surface area contributed by atoms with Crippen molar-refractivity contribution in [2.45, 2.75) is 72.1 Å². The number of ether oxygens (including phenoxy) is 1. The number of benzene rings is 2. The van der Waals surface area contributed by atoms with Gasteiger partial charge < -0.3 is 20.3 Å². The van der Waals surface area contributed by atoms with Crippen molar-refractivity contribution in [2.75, 3.05) is 11.9 Å². The molecule has 0 aliphatic carbocycles. The molecular weight excluding hydrogens is 480 g/mol. The zero-order valence-corrected chi connectivity index (χ0v) is 21.6. The van der Waals surface area contributed by atoms with E-state index in [-0.39, 0.29) is 22.6 Å². The van der Waals surface area contributed by atoms with Crippen molar-refractivity contribution in [3.8, 4) is 5.75 Å². The van der Waals surface area contributed by atoms with Crippen LogP contribution in [0.1, 0.15) is 103 Å². The first-order chi connectivity index (χ1) is 17.7. The maximum Gasteiger partial charge on any atom is 0.338 e. The minimum atomic E-state index is -1.46. The Labute approximate surface area is 216 Å². The molecule has 0 saturated heterocycles. The van der Waals surface area contributed by atoms with Crippen LogP contribution >= 0.6 is 0 Å². The molecule has 0 fully saturated rings. The number of amides is 1. The van der Waals surface area contributed by atoms with E-state index < -0.39 is 34.0 Å². The van der Waals surface area contributed by atoms with Gasteiger partial charge in [-0.25, -0.2) is 9.59 Å². The fraction of sp³-hybridized carbons (Fsp3) is 0.444. The highest BCUT2D eigenvalue weighted by atomic mass is 16.6. The Morgan fingerprint density at radius 3 is 2.03 bits per heavy atom. The van der Waals surface area contributed by atoms with Gasteiger partial charge >= 0.3 is 11.9 Å². The molecule has 37 heavy (non-hydrogen) atoms. The molecule has 202 valence electrons. The van der Waals surface area contributed by atoms with Crippen molar-refractivity contribution in [3.63, 3.8) is 0 Å². The van der Waals surface area contributed by atoms with Crippen LogP contribution in [0.25, 0.3) is 0 Å². The van der Waals surface area contributed by atoms with Crippen LogP contribution in [-0.4, -0.2) is 39.6 Å². The van der Waals surface area contributed by atoms with Gasteiger partial charge in [-0.3, -0.25) is 14.9 Å². The number of carbonyl (C=O) groups excluding carboxylic acids is 1.